The lowest BCUT2D eigenvalue weighted by atomic mass is 9.61. The number of rotatable bonds is 6. The highest BCUT2D eigenvalue weighted by Gasteiger charge is 2.62. The van der Waals surface area contributed by atoms with Gasteiger partial charge in [-0.3, -0.25) is 14.3 Å². The number of aryl methyl sites for hydroxylation is 1. The molecule has 4 aromatic rings. The van der Waals surface area contributed by atoms with Crippen molar-refractivity contribution in [1.29, 1.82) is 0 Å². The van der Waals surface area contributed by atoms with Gasteiger partial charge in [0.25, 0.3) is 5.56 Å². The number of aliphatic hydroxyl groups is 1. The van der Waals surface area contributed by atoms with Gasteiger partial charge in [0.2, 0.25) is 0 Å². The van der Waals surface area contributed by atoms with E-state index in [1.54, 1.807) is 6.92 Å². The lowest BCUT2D eigenvalue weighted by Crippen LogP contribution is -2.59. The predicted octanol–water partition coefficient (Wildman–Crippen LogP) is 2.64. The van der Waals surface area contributed by atoms with E-state index in [1.807, 2.05) is 91.0 Å². The minimum Gasteiger partial charge on any atom is -0.394 e. The SMILES string of the molecule is Cc1cn([C@@]2(C(c3ccccc3)(c3ccccc3)c3ccccc3)C[C@H](N)[C@@H](CO)O2)c(=O)[nH]c1=O. The van der Waals surface area contributed by atoms with Gasteiger partial charge in [0.15, 0.2) is 5.72 Å². The zero-order chi connectivity index (χ0) is 25.3. The third-order valence-electron chi connectivity index (χ3n) is 7.23. The molecule has 1 fully saturated rings. The number of nitrogens with one attached hydrogen (secondary N) is 1. The molecule has 0 spiro atoms. The molecule has 0 aliphatic carbocycles. The van der Waals surface area contributed by atoms with Crippen LogP contribution in [0.3, 0.4) is 0 Å². The van der Waals surface area contributed by atoms with Crippen molar-refractivity contribution in [3.8, 4) is 0 Å². The lowest BCUT2D eigenvalue weighted by molar-refractivity contribution is -0.144. The summed E-state index contributed by atoms with van der Waals surface area (Å²) in [7, 11) is 0. The predicted molar refractivity (Wildman–Crippen MR) is 138 cm³/mol. The summed E-state index contributed by atoms with van der Waals surface area (Å²) in [5, 5.41) is 10.2. The summed E-state index contributed by atoms with van der Waals surface area (Å²) < 4.78 is 8.23. The van der Waals surface area contributed by atoms with Gasteiger partial charge in [0.1, 0.15) is 0 Å². The topological polar surface area (TPSA) is 110 Å². The normalized spacial score (nSPS) is 22.0. The van der Waals surface area contributed by atoms with Crippen molar-refractivity contribution in [2.75, 3.05) is 6.61 Å². The maximum atomic E-state index is 13.6. The van der Waals surface area contributed by atoms with Crippen LogP contribution in [0.15, 0.2) is 107 Å². The quantitative estimate of drug-likeness (QED) is 0.365. The minimum atomic E-state index is -1.42. The first-order valence-electron chi connectivity index (χ1n) is 12.0. The van der Waals surface area contributed by atoms with Crippen LogP contribution in [-0.2, 0) is 15.9 Å². The summed E-state index contributed by atoms with van der Waals surface area (Å²) >= 11 is 0. The Kier molecular flexibility index (Phi) is 6.22. The lowest BCUT2D eigenvalue weighted by Gasteiger charge is -2.50. The number of hydrogen-bond donors (Lipinski definition) is 3. The third-order valence-corrected chi connectivity index (χ3v) is 7.23. The summed E-state index contributed by atoms with van der Waals surface area (Å²) in [5.74, 6) is 0. The van der Waals surface area contributed by atoms with Crippen molar-refractivity contribution in [2.24, 2.45) is 5.73 Å². The molecule has 0 saturated carbocycles. The van der Waals surface area contributed by atoms with E-state index < -0.39 is 34.5 Å². The Morgan fingerprint density at radius 3 is 1.83 bits per heavy atom. The average Bonchev–Trinajstić information content (AvgIpc) is 3.25. The van der Waals surface area contributed by atoms with Crippen LogP contribution in [0.25, 0.3) is 0 Å². The number of hydrogen-bond acceptors (Lipinski definition) is 5. The van der Waals surface area contributed by atoms with Gasteiger partial charge < -0.3 is 15.6 Å². The standard InChI is InChI=1S/C29H29N3O4/c1-20-18-32(27(35)31-26(20)34)28(17-24(30)25(19-33)36-28)29(21-11-5-2-6-12-21,22-13-7-3-8-14-22)23-15-9-4-10-16-23/h2-16,18,24-25,33H,17,19,30H2,1H3,(H,31,34,35)/t24-,25+,28-/m0/s1. The zero-order valence-electron chi connectivity index (χ0n) is 20.0. The molecule has 7 nitrogen and oxygen atoms in total. The van der Waals surface area contributed by atoms with Crippen LogP contribution in [0.4, 0.5) is 0 Å². The third kappa shape index (κ3) is 3.55. The molecule has 0 amide bonds. The van der Waals surface area contributed by atoms with E-state index in [1.165, 1.54) is 10.8 Å². The first kappa shape index (κ1) is 23.9. The molecule has 5 rings (SSSR count). The van der Waals surface area contributed by atoms with Crippen LogP contribution in [0, 0.1) is 6.92 Å². The van der Waals surface area contributed by atoms with Crippen molar-refractivity contribution in [3.05, 3.63) is 140 Å². The van der Waals surface area contributed by atoms with Gasteiger partial charge in [-0.15, -0.1) is 0 Å². The number of aliphatic hydroxyl groups excluding tert-OH is 1. The number of benzene rings is 3. The molecule has 1 aliphatic heterocycles. The van der Waals surface area contributed by atoms with Crippen LogP contribution in [0.2, 0.25) is 0 Å². The Morgan fingerprint density at radius 2 is 1.42 bits per heavy atom. The molecule has 4 N–H and O–H groups in total. The van der Waals surface area contributed by atoms with Crippen LogP contribution in [0.1, 0.15) is 28.7 Å². The van der Waals surface area contributed by atoms with Crippen molar-refractivity contribution in [3.63, 3.8) is 0 Å². The molecule has 0 bridgehead atoms. The Bertz CT molecular complexity index is 1350. The smallest absolute Gasteiger partial charge is 0.330 e. The zero-order valence-corrected chi connectivity index (χ0v) is 20.0. The van der Waals surface area contributed by atoms with Gasteiger partial charge in [-0.05, 0) is 23.6 Å². The van der Waals surface area contributed by atoms with E-state index >= 15 is 0 Å². The van der Waals surface area contributed by atoms with Crippen molar-refractivity contribution < 1.29 is 9.84 Å². The molecule has 1 aromatic heterocycles. The van der Waals surface area contributed by atoms with E-state index in [-0.39, 0.29) is 13.0 Å². The number of aromatic amines is 1. The van der Waals surface area contributed by atoms with Gasteiger partial charge >= 0.3 is 5.69 Å². The first-order chi connectivity index (χ1) is 17.4. The Morgan fingerprint density at radius 1 is 0.944 bits per heavy atom. The fraction of sp³-hybridized carbons (Fsp3) is 0.241. The molecule has 3 atom stereocenters. The molecule has 1 saturated heterocycles. The van der Waals surface area contributed by atoms with Gasteiger partial charge in [-0.2, -0.15) is 0 Å². The van der Waals surface area contributed by atoms with Crippen LogP contribution in [0.5, 0.6) is 0 Å². The second-order valence-electron chi connectivity index (χ2n) is 9.28. The molecule has 3 aromatic carbocycles. The summed E-state index contributed by atoms with van der Waals surface area (Å²) in [6, 6.07) is 29.0. The van der Waals surface area contributed by atoms with E-state index in [0.29, 0.717) is 5.56 Å². The minimum absolute atomic E-state index is 0.211. The number of aromatic nitrogens is 2. The van der Waals surface area contributed by atoms with E-state index in [2.05, 4.69) is 4.98 Å². The number of H-pyrrole nitrogens is 1. The van der Waals surface area contributed by atoms with E-state index in [0.717, 1.165) is 16.7 Å². The maximum Gasteiger partial charge on any atom is 0.330 e. The molecular weight excluding hydrogens is 454 g/mol. The first-order valence-corrected chi connectivity index (χ1v) is 12.0. The number of ether oxygens (including phenoxy) is 1. The van der Waals surface area contributed by atoms with Gasteiger partial charge in [0.05, 0.1) is 18.1 Å². The molecular formula is C29H29N3O4. The monoisotopic (exact) mass is 483 g/mol. The fourth-order valence-corrected chi connectivity index (χ4v) is 5.66. The fourth-order valence-electron chi connectivity index (χ4n) is 5.66. The van der Waals surface area contributed by atoms with Gasteiger partial charge in [-0.25, -0.2) is 4.79 Å². The van der Waals surface area contributed by atoms with E-state index in [4.69, 9.17) is 10.5 Å². The van der Waals surface area contributed by atoms with Crippen LogP contribution < -0.4 is 17.0 Å². The molecule has 36 heavy (non-hydrogen) atoms. The largest absolute Gasteiger partial charge is 0.394 e. The maximum absolute atomic E-state index is 13.6. The summed E-state index contributed by atoms with van der Waals surface area (Å²) in [5.41, 5.74) is 6.01. The van der Waals surface area contributed by atoms with Crippen molar-refractivity contribution in [1.82, 2.24) is 9.55 Å². The molecule has 7 heteroatoms. The molecule has 184 valence electrons. The second-order valence-corrected chi connectivity index (χ2v) is 9.28. The molecule has 0 unspecified atom stereocenters. The number of nitrogens with two attached hydrogens (primary N) is 1. The summed E-state index contributed by atoms with van der Waals surface area (Å²) in [4.78, 5) is 28.4. The van der Waals surface area contributed by atoms with Crippen LogP contribution >= 0.6 is 0 Å². The highest BCUT2D eigenvalue weighted by molar-refractivity contribution is 5.54. The van der Waals surface area contributed by atoms with Crippen molar-refractivity contribution in [2.45, 2.75) is 36.6 Å². The molecule has 2 heterocycles. The van der Waals surface area contributed by atoms with Crippen LogP contribution in [-0.4, -0.2) is 33.4 Å². The Hall–Kier alpha value is -3.78. The second kappa shape index (κ2) is 9.35. The Balaban J connectivity index is 2.01. The highest BCUT2D eigenvalue weighted by atomic mass is 16.5. The average molecular weight is 484 g/mol. The van der Waals surface area contributed by atoms with Gasteiger partial charge in [0, 0.05) is 24.2 Å². The highest BCUT2D eigenvalue weighted by Crippen LogP contribution is 2.56. The molecule has 0 radical (unpaired) electrons. The summed E-state index contributed by atoms with van der Waals surface area (Å²) in [6.45, 7) is 1.34. The number of nitrogens with zero attached hydrogens (tertiary/aromatic N) is 1. The Labute approximate surface area is 208 Å². The molecule has 1 aliphatic rings. The van der Waals surface area contributed by atoms with Gasteiger partial charge in [-0.1, -0.05) is 91.0 Å². The summed E-state index contributed by atoms with van der Waals surface area (Å²) in [6.07, 6.45) is 1.03. The van der Waals surface area contributed by atoms with E-state index in [9.17, 15) is 14.7 Å². The van der Waals surface area contributed by atoms with Crippen molar-refractivity contribution >= 4 is 0 Å².